The summed E-state index contributed by atoms with van der Waals surface area (Å²) in [7, 11) is -1.29. The van der Waals surface area contributed by atoms with E-state index in [0.717, 1.165) is 0 Å². The van der Waals surface area contributed by atoms with Crippen molar-refractivity contribution in [3.63, 3.8) is 0 Å². The van der Waals surface area contributed by atoms with E-state index in [0.29, 0.717) is 13.2 Å². The molecule has 0 unspecified atom stereocenters. The minimum Gasteiger partial charge on any atom is -0.308 e. The molecule has 0 aromatic carbocycles. The smallest absolute Gasteiger partial charge is 0.308 e. The van der Waals surface area contributed by atoms with Crippen LogP contribution in [0.4, 0.5) is 0 Å². The van der Waals surface area contributed by atoms with Crippen LogP contribution in [0, 0.1) is 0 Å². The number of nitrogens with one attached hydrogen (secondary N) is 1. The summed E-state index contributed by atoms with van der Waals surface area (Å²) in [6.45, 7) is 8.00. The molecule has 0 amide bonds. The zero-order chi connectivity index (χ0) is 10.5. The first kappa shape index (κ1) is 13.1. The lowest BCUT2D eigenvalue weighted by atomic mass is 10.4. The van der Waals surface area contributed by atoms with Gasteiger partial charge in [0, 0.05) is 0 Å². The molecule has 0 radical (unpaired) electrons. The Morgan fingerprint density at radius 1 is 1.23 bits per heavy atom. The summed E-state index contributed by atoms with van der Waals surface area (Å²) in [6, 6.07) is 0. The van der Waals surface area contributed by atoms with Crippen molar-refractivity contribution in [1.82, 2.24) is 5.32 Å². The first-order valence-corrected chi connectivity index (χ1v) is 6.06. The summed E-state index contributed by atoms with van der Waals surface area (Å²) in [6.07, 6.45) is 0. The largest absolute Gasteiger partial charge is 0.349 e. The Kier molecular flexibility index (Phi) is 5.15. The van der Waals surface area contributed by atoms with Gasteiger partial charge in [-0.1, -0.05) is 0 Å². The van der Waals surface area contributed by atoms with Gasteiger partial charge in [-0.25, -0.2) is 0 Å². The molecule has 0 bridgehead atoms. The van der Waals surface area contributed by atoms with Gasteiger partial charge < -0.3 is 14.4 Å². The van der Waals surface area contributed by atoms with Crippen LogP contribution in [0.25, 0.3) is 0 Å². The standard InChI is InChI=1S/C8H20NO3P/c1-6-11-13(10,12-7-2)8(3,4)9-5/h9H,6-7H2,1-5H3. The van der Waals surface area contributed by atoms with Gasteiger partial charge in [-0.15, -0.1) is 0 Å². The Labute approximate surface area is 80.5 Å². The molecule has 0 aliphatic rings. The molecule has 0 aliphatic carbocycles. The van der Waals surface area contributed by atoms with Gasteiger partial charge in [0.1, 0.15) is 5.28 Å². The van der Waals surface area contributed by atoms with Crippen molar-refractivity contribution in [3.8, 4) is 0 Å². The van der Waals surface area contributed by atoms with Crippen LogP contribution in [0.5, 0.6) is 0 Å². The molecule has 13 heavy (non-hydrogen) atoms. The molecule has 5 heteroatoms. The fourth-order valence-corrected chi connectivity index (χ4v) is 2.51. The SMILES string of the molecule is CCOP(=O)(OCC)C(C)(C)NC. The van der Waals surface area contributed by atoms with Gasteiger partial charge in [0.05, 0.1) is 13.2 Å². The van der Waals surface area contributed by atoms with Crippen molar-refractivity contribution < 1.29 is 13.6 Å². The number of rotatable bonds is 6. The molecule has 80 valence electrons. The van der Waals surface area contributed by atoms with E-state index in [-0.39, 0.29) is 0 Å². The van der Waals surface area contributed by atoms with Gasteiger partial charge in [-0.05, 0) is 34.7 Å². The second kappa shape index (κ2) is 5.11. The highest BCUT2D eigenvalue weighted by Crippen LogP contribution is 2.58. The molecule has 0 aromatic heterocycles. The van der Waals surface area contributed by atoms with E-state index >= 15 is 0 Å². The van der Waals surface area contributed by atoms with Gasteiger partial charge in [0.25, 0.3) is 0 Å². The lowest BCUT2D eigenvalue weighted by molar-refractivity contribution is 0.195. The maximum absolute atomic E-state index is 12.2. The minimum absolute atomic E-state index is 0.391. The molecule has 0 rings (SSSR count). The third-order valence-electron chi connectivity index (χ3n) is 1.89. The van der Waals surface area contributed by atoms with E-state index in [2.05, 4.69) is 5.32 Å². The fraction of sp³-hybridized carbons (Fsp3) is 1.00. The molecule has 0 aliphatic heterocycles. The molecule has 0 aromatic rings. The molecule has 0 heterocycles. The van der Waals surface area contributed by atoms with Crippen LogP contribution in [0.15, 0.2) is 0 Å². The van der Waals surface area contributed by atoms with Crippen molar-refractivity contribution in [3.05, 3.63) is 0 Å². The Bertz CT molecular complexity index is 184. The third kappa shape index (κ3) is 3.06. The first-order chi connectivity index (χ1) is 5.93. The van der Waals surface area contributed by atoms with Crippen LogP contribution in [0.2, 0.25) is 0 Å². The van der Waals surface area contributed by atoms with Gasteiger partial charge in [0.2, 0.25) is 0 Å². The minimum atomic E-state index is -3.03. The summed E-state index contributed by atoms with van der Waals surface area (Å²) >= 11 is 0. The topological polar surface area (TPSA) is 47.6 Å². The van der Waals surface area contributed by atoms with E-state index in [1.54, 1.807) is 34.7 Å². The number of hydrogen-bond donors (Lipinski definition) is 1. The van der Waals surface area contributed by atoms with E-state index in [9.17, 15) is 4.57 Å². The second-order valence-electron chi connectivity index (χ2n) is 3.14. The normalized spacial score (nSPS) is 13.3. The molecular weight excluding hydrogens is 189 g/mol. The Morgan fingerprint density at radius 3 is 1.85 bits per heavy atom. The maximum Gasteiger partial charge on any atom is 0.349 e. The highest BCUT2D eigenvalue weighted by molar-refractivity contribution is 7.55. The molecule has 0 saturated heterocycles. The van der Waals surface area contributed by atoms with Gasteiger partial charge in [0.15, 0.2) is 0 Å². The predicted molar refractivity (Wildman–Crippen MR) is 54.0 cm³/mol. The van der Waals surface area contributed by atoms with Crippen molar-refractivity contribution in [2.45, 2.75) is 33.0 Å². The van der Waals surface area contributed by atoms with Crippen molar-refractivity contribution in [1.29, 1.82) is 0 Å². The fourth-order valence-electron chi connectivity index (χ4n) is 0.837. The Hall–Kier alpha value is 0.110. The van der Waals surface area contributed by atoms with E-state index < -0.39 is 12.9 Å². The molecule has 0 spiro atoms. The molecular formula is C8H20NO3P. The zero-order valence-corrected chi connectivity index (χ0v) is 9.98. The van der Waals surface area contributed by atoms with E-state index in [4.69, 9.17) is 9.05 Å². The lowest BCUT2D eigenvalue weighted by Crippen LogP contribution is -2.37. The van der Waals surface area contributed by atoms with Crippen molar-refractivity contribution in [2.75, 3.05) is 20.3 Å². The monoisotopic (exact) mass is 209 g/mol. The van der Waals surface area contributed by atoms with Gasteiger partial charge in [-0.2, -0.15) is 0 Å². The number of hydrogen-bond acceptors (Lipinski definition) is 4. The quantitative estimate of drug-likeness (QED) is 0.681. The molecule has 0 atom stereocenters. The second-order valence-corrected chi connectivity index (χ2v) is 5.77. The van der Waals surface area contributed by atoms with E-state index in [1.165, 1.54) is 0 Å². The van der Waals surface area contributed by atoms with Crippen LogP contribution >= 0.6 is 7.60 Å². The van der Waals surface area contributed by atoms with Gasteiger partial charge >= 0.3 is 7.60 Å². The zero-order valence-electron chi connectivity index (χ0n) is 9.09. The molecule has 0 saturated carbocycles. The molecule has 4 nitrogen and oxygen atoms in total. The molecule has 0 fully saturated rings. The Morgan fingerprint density at radius 2 is 1.62 bits per heavy atom. The summed E-state index contributed by atoms with van der Waals surface area (Å²) < 4.78 is 22.6. The highest BCUT2D eigenvalue weighted by Gasteiger charge is 2.41. The van der Waals surface area contributed by atoms with Crippen molar-refractivity contribution >= 4 is 7.60 Å². The van der Waals surface area contributed by atoms with E-state index in [1.807, 2.05) is 0 Å². The first-order valence-electron chi connectivity index (χ1n) is 4.51. The van der Waals surface area contributed by atoms with Crippen LogP contribution in [0.3, 0.4) is 0 Å². The molecule has 1 N–H and O–H groups in total. The average molecular weight is 209 g/mol. The van der Waals surface area contributed by atoms with Crippen LogP contribution < -0.4 is 5.32 Å². The lowest BCUT2D eigenvalue weighted by Gasteiger charge is -2.32. The summed E-state index contributed by atoms with van der Waals surface area (Å²) in [4.78, 5) is 0. The van der Waals surface area contributed by atoms with Crippen LogP contribution in [-0.4, -0.2) is 25.5 Å². The van der Waals surface area contributed by atoms with Gasteiger partial charge in [-0.3, -0.25) is 4.57 Å². The summed E-state index contributed by atoms with van der Waals surface area (Å²) in [5.41, 5.74) is 0. The van der Waals surface area contributed by atoms with Crippen LogP contribution in [0.1, 0.15) is 27.7 Å². The highest BCUT2D eigenvalue weighted by atomic mass is 31.2. The van der Waals surface area contributed by atoms with Crippen molar-refractivity contribution in [2.24, 2.45) is 0 Å². The summed E-state index contributed by atoms with van der Waals surface area (Å²) in [5, 5.41) is 2.30. The van der Waals surface area contributed by atoms with Crippen LogP contribution in [-0.2, 0) is 13.6 Å². The third-order valence-corrected chi connectivity index (χ3v) is 4.68. The summed E-state index contributed by atoms with van der Waals surface area (Å²) in [5.74, 6) is 0. The predicted octanol–water partition coefficient (Wildman–Crippen LogP) is 2.21. The average Bonchev–Trinajstić information content (AvgIpc) is 2.05. The Balaban J connectivity index is 4.67. The maximum atomic E-state index is 12.2.